The van der Waals surface area contributed by atoms with E-state index >= 15 is 0 Å². The van der Waals surface area contributed by atoms with Crippen molar-refractivity contribution < 1.29 is 28.6 Å². The molecule has 2 aliphatic rings. The highest BCUT2D eigenvalue weighted by atomic mass is 16.5. The van der Waals surface area contributed by atoms with Gasteiger partial charge in [0.25, 0.3) is 0 Å². The van der Waals surface area contributed by atoms with Gasteiger partial charge in [-0.2, -0.15) is 0 Å². The van der Waals surface area contributed by atoms with Gasteiger partial charge in [0, 0.05) is 29.9 Å². The summed E-state index contributed by atoms with van der Waals surface area (Å²) in [5.74, 6) is -0.959. The van der Waals surface area contributed by atoms with E-state index in [1.807, 2.05) is 30.3 Å². The number of esters is 2. The maximum absolute atomic E-state index is 13.5. The van der Waals surface area contributed by atoms with Crippen molar-refractivity contribution in [3.05, 3.63) is 53.1 Å². The van der Waals surface area contributed by atoms with Crippen molar-refractivity contribution in [1.29, 1.82) is 5.41 Å². The summed E-state index contributed by atoms with van der Waals surface area (Å²) >= 11 is 0. The van der Waals surface area contributed by atoms with Crippen LogP contribution in [0.25, 0.3) is 22.2 Å². The second kappa shape index (κ2) is 11.5. The van der Waals surface area contributed by atoms with Gasteiger partial charge < -0.3 is 24.1 Å². The van der Waals surface area contributed by atoms with Crippen molar-refractivity contribution in [2.45, 2.75) is 57.9 Å². The molecule has 0 saturated heterocycles. The van der Waals surface area contributed by atoms with E-state index in [2.05, 4.69) is 16.0 Å². The topological polar surface area (TPSA) is 120 Å². The Balaban J connectivity index is 1.67. The monoisotopic (exact) mass is 545 g/mol. The van der Waals surface area contributed by atoms with Gasteiger partial charge in [0.05, 0.1) is 37.9 Å². The molecule has 2 heterocycles. The first kappa shape index (κ1) is 27.4. The van der Waals surface area contributed by atoms with Crippen LogP contribution in [0.1, 0.15) is 66.4 Å². The van der Waals surface area contributed by atoms with E-state index in [4.69, 9.17) is 19.6 Å². The molecule has 2 aromatic carbocycles. The van der Waals surface area contributed by atoms with Crippen molar-refractivity contribution >= 4 is 34.6 Å². The third-order valence-electron chi connectivity index (χ3n) is 8.04. The number of ether oxygens (including phenoxy) is 3. The van der Waals surface area contributed by atoms with E-state index in [0.717, 1.165) is 40.6 Å². The van der Waals surface area contributed by atoms with Crippen LogP contribution in [0.15, 0.2) is 36.4 Å². The summed E-state index contributed by atoms with van der Waals surface area (Å²) in [6.45, 7) is 1.42. The molecular formula is C31H35N3O6. The Hall–Kier alpha value is -4.14. The minimum atomic E-state index is -0.602. The highest BCUT2D eigenvalue weighted by molar-refractivity contribution is 5.99. The molecule has 1 aromatic heterocycles. The van der Waals surface area contributed by atoms with E-state index in [9.17, 15) is 14.4 Å². The van der Waals surface area contributed by atoms with Crippen molar-refractivity contribution in [1.82, 2.24) is 9.88 Å². The third-order valence-corrected chi connectivity index (χ3v) is 8.04. The van der Waals surface area contributed by atoms with Gasteiger partial charge in [0.2, 0.25) is 11.8 Å². The fraction of sp³-hybridized carbons (Fsp3) is 0.419. The molecule has 9 heteroatoms. The lowest BCUT2D eigenvalue weighted by molar-refractivity contribution is -0.133. The van der Waals surface area contributed by atoms with Crippen molar-refractivity contribution in [3.8, 4) is 17.0 Å². The molecule has 1 atom stereocenters. The molecule has 9 nitrogen and oxygen atoms in total. The second-order valence-electron chi connectivity index (χ2n) is 10.6. The zero-order valence-electron chi connectivity index (χ0n) is 23.2. The Morgan fingerprint density at radius 2 is 1.82 bits per heavy atom. The molecule has 1 saturated carbocycles. The molecule has 1 amide bonds. The number of hydrogen-bond acceptors (Lipinski definition) is 7. The van der Waals surface area contributed by atoms with E-state index in [-0.39, 0.29) is 18.3 Å². The van der Waals surface area contributed by atoms with Crippen LogP contribution in [0, 0.1) is 11.3 Å². The number of aromatic nitrogens is 1. The number of rotatable bonds is 6. The molecule has 1 unspecified atom stereocenters. The van der Waals surface area contributed by atoms with Gasteiger partial charge in [-0.1, -0.05) is 25.3 Å². The SMILES string of the molecule is COC(=O)c1ccc2c(C3CCCCC3)c3n(c2c1)CC(C(=O)NCC(=N)OC(C)=O)Cc1cc(OC)ccc1-3. The number of methoxy groups -OCH3 is 2. The highest BCUT2D eigenvalue weighted by Gasteiger charge is 2.33. The van der Waals surface area contributed by atoms with Gasteiger partial charge >= 0.3 is 11.9 Å². The minimum Gasteiger partial charge on any atom is -0.497 e. The molecule has 0 bridgehead atoms. The molecule has 1 aliphatic carbocycles. The van der Waals surface area contributed by atoms with E-state index < -0.39 is 17.9 Å². The maximum atomic E-state index is 13.5. The predicted octanol–water partition coefficient (Wildman–Crippen LogP) is 4.98. The number of hydrogen-bond donors (Lipinski definition) is 2. The molecule has 0 spiro atoms. The van der Waals surface area contributed by atoms with Crippen molar-refractivity contribution in [2.24, 2.45) is 5.92 Å². The zero-order chi connectivity index (χ0) is 28.4. The molecule has 5 rings (SSSR count). The van der Waals surface area contributed by atoms with E-state index in [0.29, 0.717) is 30.2 Å². The summed E-state index contributed by atoms with van der Waals surface area (Å²) in [5.41, 5.74) is 5.77. The Morgan fingerprint density at radius 1 is 1.05 bits per heavy atom. The van der Waals surface area contributed by atoms with E-state index in [1.165, 1.54) is 38.9 Å². The maximum Gasteiger partial charge on any atom is 0.337 e. The second-order valence-corrected chi connectivity index (χ2v) is 10.6. The molecule has 0 radical (unpaired) electrons. The smallest absolute Gasteiger partial charge is 0.337 e. The fourth-order valence-corrected chi connectivity index (χ4v) is 6.25. The quantitative estimate of drug-likeness (QED) is 0.256. The van der Waals surface area contributed by atoms with Crippen LogP contribution < -0.4 is 10.1 Å². The van der Waals surface area contributed by atoms with Gasteiger partial charge in [0.1, 0.15) is 5.75 Å². The Morgan fingerprint density at radius 3 is 2.52 bits per heavy atom. The average Bonchev–Trinajstić information content (AvgIpc) is 3.17. The van der Waals surface area contributed by atoms with Crippen molar-refractivity contribution in [3.63, 3.8) is 0 Å². The lowest BCUT2D eigenvalue weighted by atomic mass is 9.81. The highest BCUT2D eigenvalue weighted by Crippen LogP contribution is 2.47. The first-order valence-electron chi connectivity index (χ1n) is 13.8. The average molecular weight is 546 g/mol. The number of amides is 1. The molecule has 2 N–H and O–H groups in total. The number of nitrogens with one attached hydrogen (secondary N) is 2. The molecular weight excluding hydrogens is 510 g/mol. The Kier molecular flexibility index (Phi) is 7.91. The molecule has 1 aliphatic heterocycles. The lowest BCUT2D eigenvalue weighted by Gasteiger charge is -2.24. The van der Waals surface area contributed by atoms with Crippen LogP contribution in [0.4, 0.5) is 0 Å². The molecule has 40 heavy (non-hydrogen) atoms. The first-order valence-corrected chi connectivity index (χ1v) is 13.8. The Bertz CT molecular complexity index is 1480. The summed E-state index contributed by atoms with van der Waals surface area (Å²) in [7, 11) is 3.00. The summed E-state index contributed by atoms with van der Waals surface area (Å²) in [6.07, 6.45) is 6.23. The zero-order valence-corrected chi connectivity index (χ0v) is 23.2. The number of benzene rings is 2. The fourth-order valence-electron chi connectivity index (χ4n) is 6.25. The van der Waals surface area contributed by atoms with Crippen LogP contribution in [0.3, 0.4) is 0 Å². The van der Waals surface area contributed by atoms with Crippen LogP contribution >= 0.6 is 0 Å². The first-order chi connectivity index (χ1) is 19.3. The summed E-state index contributed by atoms with van der Waals surface area (Å²) in [6, 6.07) is 11.7. The summed E-state index contributed by atoms with van der Waals surface area (Å²) in [5, 5.41) is 11.7. The Labute approximate surface area is 233 Å². The van der Waals surface area contributed by atoms with Gasteiger partial charge in [-0.3, -0.25) is 15.0 Å². The largest absolute Gasteiger partial charge is 0.497 e. The lowest BCUT2D eigenvalue weighted by Crippen LogP contribution is -2.37. The van der Waals surface area contributed by atoms with Crippen LogP contribution in [-0.2, 0) is 32.0 Å². The van der Waals surface area contributed by atoms with Crippen LogP contribution in [0.5, 0.6) is 5.75 Å². The van der Waals surface area contributed by atoms with Gasteiger partial charge in [0.15, 0.2) is 0 Å². The van der Waals surface area contributed by atoms with Gasteiger partial charge in [-0.15, -0.1) is 0 Å². The molecule has 210 valence electrons. The van der Waals surface area contributed by atoms with E-state index in [1.54, 1.807) is 7.11 Å². The summed E-state index contributed by atoms with van der Waals surface area (Å²) in [4.78, 5) is 37.2. The predicted molar refractivity (Wildman–Crippen MR) is 151 cm³/mol. The standard InChI is InChI=1S/C31H35N3O6/c1-18(35)40-27(32)16-33-30(36)22-13-21-14-23(38-2)10-12-24(21)29-28(19-7-5-4-6-8-19)25-11-9-20(31(37)39-3)15-26(25)34(29)17-22/h9-12,14-15,19,22,32H,4-8,13,16-17H2,1-3H3,(H,33,36). The minimum absolute atomic E-state index is 0.182. The van der Waals surface area contributed by atoms with Crippen molar-refractivity contribution in [2.75, 3.05) is 20.8 Å². The summed E-state index contributed by atoms with van der Waals surface area (Å²) < 4.78 is 17.5. The number of nitrogens with zero attached hydrogens (tertiary/aromatic N) is 1. The molecule has 1 fully saturated rings. The normalized spacial score (nSPS) is 16.8. The van der Waals surface area contributed by atoms with Gasteiger partial charge in [-0.05, 0) is 66.6 Å². The molecule has 3 aromatic rings. The van der Waals surface area contributed by atoms with Crippen LogP contribution in [-0.4, -0.2) is 49.1 Å². The third kappa shape index (κ3) is 5.33. The van der Waals surface area contributed by atoms with Gasteiger partial charge in [-0.25, -0.2) is 4.79 Å². The number of carbonyl (C=O) groups excluding carboxylic acids is 3. The van der Waals surface area contributed by atoms with Crippen LogP contribution in [0.2, 0.25) is 0 Å². The number of carbonyl (C=O) groups is 3. The number of fused-ring (bicyclic) bond motifs is 5.